The fourth-order valence-electron chi connectivity index (χ4n) is 1.35. The number of rotatable bonds is 3. The van der Waals surface area contributed by atoms with Crippen LogP contribution in [0, 0.1) is 25.1 Å². The lowest BCUT2D eigenvalue weighted by atomic mass is 10.2. The summed E-state index contributed by atoms with van der Waals surface area (Å²) in [6.45, 7) is 1.87. The number of hydrogen-bond donors (Lipinski definition) is 1. The highest BCUT2D eigenvalue weighted by Gasteiger charge is 2.04. The Morgan fingerprint density at radius 1 is 1.39 bits per heavy atom. The van der Waals surface area contributed by atoms with Gasteiger partial charge in [0.2, 0.25) is 0 Å². The Hall–Kier alpha value is -1.99. The number of nitrogens with zero attached hydrogens (tertiary/aromatic N) is 1. The second kappa shape index (κ2) is 5.56. The molecule has 2 aromatic rings. The zero-order chi connectivity index (χ0) is 13.0. The molecule has 1 aromatic carbocycles. The zero-order valence-corrected chi connectivity index (χ0v) is 10.6. The van der Waals surface area contributed by atoms with Crippen LogP contribution >= 0.6 is 11.9 Å². The Morgan fingerprint density at radius 2 is 2.17 bits per heavy atom. The van der Waals surface area contributed by atoms with Gasteiger partial charge in [0, 0.05) is 11.8 Å². The standard InChI is InChI=1S/C14H11FN2S/c1-3-11-8-13(10(2)16-9-11)17-18-14-7-5-4-6-12(14)15/h1,4-9,17H,2H3. The first kappa shape index (κ1) is 12.5. The minimum Gasteiger partial charge on any atom is -0.324 e. The van der Waals surface area contributed by atoms with Gasteiger partial charge in [0.1, 0.15) is 5.82 Å². The molecule has 0 aliphatic rings. The van der Waals surface area contributed by atoms with Crippen molar-refractivity contribution in [1.82, 2.24) is 4.98 Å². The molecule has 4 heteroatoms. The van der Waals surface area contributed by atoms with E-state index in [1.807, 2.05) is 13.0 Å². The van der Waals surface area contributed by atoms with Gasteiger partial charge in [-0.2, -0.15) is 0 Å². The van der Waals surface area contributed by atoms with Crippen molar-refractivity contribution in [1.29, 1.82) is 0 Å². The normalized spacial score (nSPS) is 9.83. The first-order chi connectivity index (χ1) is 8.70. The number of hydrogen-bond acceptors (Lipinski definition) is 3. The van der Waals surface area contributed by atoms with Gasteiger partial charge >= 0.3 is 0 Å². The van der Waals surface area contributed by atoms with Gasteiger partial charge in [0.05, 0.1) is 16.3 Å². The highest BCUT2D eigenvalue weighted by Crippen LogP contribution is 2.25. The molecule has 0 aliphatic heterocycles. The van der Waals surface area contributed by atoms with Crippen molar-refractivity contribution < 1.29 is 4.39 Å². The maximum atomic E-state index is 13.4. The largest absolute Gasteiger partial charge is 0.324 e. The molecule has 0 atom stereocenters. The molecule has 0 amide bonds. The van der Waals surface area contributed by atoms with Crippen LogP contribution in [0.5, 0.6) is 0 Å². The summed E-state index contributed by atoms with van der Waals surface area (Å²) in [7, 11) is 0. The number of nitrogens with one attached hydrogen (secondary N) is 1. The Kier molecular flexibility index (Phi) is 3.85. The van der Waals surface area contributed by atoms with Gasteiger partial charge in [-0.3, -0.25) is 4.98 Å². The third-order valence-electron chi connectivity index (χ3n) is 2.36. The minimum atomic E-state index is -0.256. The molecule has 0 bridgehead atoms. The van der Waals surface area contributed by atoms with Crippen molar-refractivity contribution in [3.63, 3.8) is 0 Å². The maximum Gasteiger partial charge on any atom is 0.138 e. The molecule has 2 nitrogen and oxygen atoms in total. The van der Waals surface area contributed by atoms with Crippen molar-refractivity contribution in [3.8, 4) is 12.3 Å². The summed E-state index contributed by atoms with van der Waals surface area (Å²) in [6, 6.07) is 8.39. The molecule has 90 valence electrons. The number of aromatic nitrogens is 1. The number of terminal acetylenes is 1. The summed E-state index contributed by atoms with van der Waals surface area (Å²) in [6.07, 6.45) is 6.95. The summed E-state index contributed by atoms with van der Waals surface area (Å²) in [5.74, 6) is 2.26. The molecule has 2 rings (SSSR count). The molecule has 0 saturated carbocycles. The van der Waals surface area contributed by atoms with Crippen LogP contribution in [0.2, 0.25) is 0 Å². The van der Waals surface area contributed by atoms with E-state index in [0.717, 1.165) is 11.4 Å². The van der Waals surface area contributed by atoms with Gasteiger partial charge in [0.25, 0.3) is 0 Å². The average Bonchev–Trinajstić information content (AvgIpc) is 2.39. The molecule has 0 spiro atoms. The van der Waals surface area contributed by atoms with E-state index in [-0.39, 0.29) is 5.82 Å². The highest BCUT2D eigenvalue weighted by atomic mass is 32.2. The van der Waals surface area contributed by atoms with Gasteiger partial charge in [-0.05, 0) is 37.1 Å². The van der Waals surface area contributed by atoms with E-state index in [4.69, 9.17) is 6.42 Å². The first-order valence-corrected chi connectivity index (χ1v) is 6.13. The summed E-state index contributed by atoms with van der Waals surface area (Å²) >= 11 is 1.20. The Balaban J connectivity index is 2.16. The summed E-state index contributed by atoms with van der Waals surface area (Å²) < 4.78 is 16.5. The number of benzene rings is 1. The molecule has 1 N–H and O–H groups in total. The number of aryl methyl sites for hydroxylation is 1. The van der Waals surface area contributed by atoms with E-state index in [9.17, 15) is 4.39 Å². The van der Waals surface area contributed by atoms with Crippen LogP contribution in [0.15, 0.2) is 41.4 Å². The third kappa shape index (κ3) is 2.82. The van der Waals surface area contributed by atoms with Crippen LogP contribution in [0.1, 0.15) is 11.3 Å². The predicted octanol–water partition coefficient (Wildman–Crippen LogP) is 3.63. The van der Waals surface area contributed by atoms with Gasteiger partial charge in [-0.25, -0.2) is 4.39 Å². The van der Waals surface area contributed by atoms with Crippen LogP contribution in [-0.4, -0.2) is 4.98 Å². The lowest BCUT2D eigenvalue weighted by molar-refractivity contribution is 0.602. The molecule has 0 saturated heterocycles. The van der Waals surface area contributed by atoms with Crippen LogP contribution in [0.4, 0.5) is 10.1 Å². The van der Waals surface area contributed by atoms with Gasteiger partial charge in [0.15, 0.2) is 0 Å². The van der Waals surface area contributed by atoms with E-state index in [2.05, 4.69) is 15.6 Å². The SMILES string of the molecule is C#Cc1cnc(C)c(NSc2ccccc2F)c1. The summed E-state index contributed by atoms with van der Waals surface area (Å²) in [5, 5.41) is 0. The molecule has 1 heterocycles. The van der Waals surface area contributed by atoms with Crippen molar-refractivity contribution in [3.05, 3.63) is 53.6 Å². The zero-order valence-electron chi connectivity index (χ0n) is 9.77. The molecule has 0 unspecified atom stereocenters. The second-order valence-corrected chi connectivity index (χ2v) is 4.48. The molecule has 0 aliphatic carbocycles. The predicted molar refractivity (Wildman–Crippen MR) is 72.8 cm³/mol. The molecule has 18 heavy (non-hydrogen) atoms. The Bertz CT molecular complexity index is 605. The molecule has 1 aromatic heterocycles. The Morgan fingerprint density at radius 3 is 2.89 bits per heavy atom. The fourth-order valence-corrected chi connectivity index (χ4v) is 2.09. The number of halogens is 1. The Labute approximate surface area is 110 Å². The van der Waals surface area contributed by atoms with Crippen molar-refractivity contribution >= 4 is 17.6 Å². The third-order valence-corrected chi connectivity index (χ3v) is 3.23. The van der Waals surface area contributed by atoms with E-state index < -0.39 is 0 Å². The summed E-state index contributed by atoms with van der Waals surface area (Å²) in [5.41, 5.74) is 2.30. The summed E-state index contributed by atoms with van der Waals surface area (Å²) in [4.78, 5) is 4.70. The minimum absolute atomic E-state index is 0.256. The van der Waals surface area contributed by atoms with E-state index in [0.29, 0.717) is 10.5 Å². The van der Waals surface area contributed by atoms with Crippen molar-refractivity contribution in [2.75, 3.05) is 4.72 Å². The lowest BCUT2D eigenvalue weighted by Crippen LogP contribution is -1.95. The first-order valence-electron chi connectivity index (χ1n) is 5.31. The molecule has 0 fully saturated rings. The quantitative estimate of drug-likeness (QED) is 0.672. The fraction of sp³-hybridized carbons (Fsp3) is 0.0714. The number of pyridine rings is 1. The highest BCUT2D eigenvalue weighted by molar-refractivity contribution is 8.00. The molecule has 0 radical (unpaired) electrons. The monoisotopic (exact) mass is 258 g/mol. The maximum absolute atomic E-state index is 13.4. The van der Waals surface area contributed by atoms with Crippen LogP contribution < -0.4 is 4.72 Å². The van der Waals surface area contributed by atoms with Crippen LogP contribution in [-0.2, 0) is 0 Å². The van der Waals surface area contributed by atoms with E-state index >= 15 is 0 Å². The number of anilines is 1. The average molecular weight is 258 g/mol. The van der Waals surface area contributed by atoms with Gasteiger partial charge in [-0.15, -0.1) is 6.42 Å². The van der Waals surface area contributed by atoms with Crippen LogP contribution in [0.3, 0.4) is 0 Å². The van der Waals surface area contributed by atoms with Crippen molar-refractivity contribution in [2.45, 2.75) is 11.8 Å². The van der Waals surface area contributed by atoms with Gasteiger partial charge < -0.3 is 4.72 Å². The van der Waals surface area contributed by atoms with Crippen LogP contribution in [0.25, 0.3) is 0 Å². The molecular weight excluding hydrogens is 247 g/mol. The second-order valence-electron chi connectivity index (χ2n) is 3.64. The van der Waals surface area contributed by atoms with Crippen molar-refractivity contribution in [2.24, 2.45) is 0 Å². The molecular formula is C14H11FN2S. The van der Waals surface area contributed by atoms with Gasteiger partial charge in [-0.1, -0.05) is 18.1 Å². The van der Waals surface area contributed by atoms with E-state index in [1.54, 1.807) is 24.4 Å². The topological polar surface area (TPSA) is 24.9 Å². The smallest absolute Gasteiger partial charge is 0.138 e. The van der Waals surface area contributed by atoms with E-state index in [1.165, 1.54) is 18.0 Å². The lowest BCUT2D eigenvalue weighted by Gasteiger charge is -2.08.